The minimum absolute atomic E-state index is 0.101. The third-order valence-corrected chi connectivity index (χ3v) is 4.05. The number of carboxylic acid groups (broad SMARTS) is 1. The molecule has 1 heterocycles. The van der Waals surface area contributed by atoms with Crippen LogP contribution in [-0.2, 0) is 11.8 Å². The molecule has 1 aromatic carbocycles. The fraction of sp³-hybridized carbons (Fsp3) is 0.182. The smallest absolute Gasteiger partial charge is 0.313 e. The Balaban J connectivity index is 2.34. The number of aryl methyl sites for hydroxylation is 1. The standard InChI is InChI=1S/C11H9BrFN3O2S/c1-16-11(19-5-8(17)18)14-10(15-16)6-3-2-4-7(13)9(6)12/h2-4H,5H2,1H3,(H,17,18). The van der Waals surface area contributed by atoms with Crippen molar-refractivity contribution in [2.75, 3.05) is 5.75 Å². The van der Waals surface area contributed by atoms with Gasteiger partial charge in [-0.2, -0.15) is 5.10 Å². The van der Waals surface area contributed by atoms with Crippen LogP contribution in [0.3, 0.4) is 0 Å². The van der Waals surface area contributed by atoms with Gasteiger partial charge in [0.05, 0.1) is 10.2 Å². The third-order valence-electron chi connectivity index (χ3n) is 2.24. The highest BCUT2D eigenvalue weighted by molar-refractivity contribution is 9.10. The zero-order valence-electron chi connectivity index (χ0n) is 9.80. The molecule has 2 rings (SSSR count). The van der Waals surface area contributed by atoms with Gasteiger partial charge in [-0.1, -0.05) is 17.8 Å². The number of carbonyl (C=O) groups is 1. The topological polar surface area (TPSA) is 68.0 Å². The highest BCUT2D eigenvalue weighted by Gasteiger charge is 2.15. The average molecular weight is 346 g/mol. The number of halogens is 2. The summed E-state index contributed by atoms with van der Waals surface area (Å²) in [7, 11) is 1.66. The summed E-state index contributed by atoms with van der Waals surface area (Å²) in [6.07, 6.45) is 0. The van der Waals surface area contributed by atoms with Crippen molar-refractivity contribution in [1.29, 1.82) is 0 Å². The Morgan fingerprint density at radius 3 is 3.00 bits per heavy atom. The summed E-state index contributed by atoms with van der Waals surface area (Å²) in [5.41, 5.74) is 0.526. The maximum absolute atomic E-state index is 13.4. The summed E-state index contributed by atoms with van der Waals surface area (Å²) in [4.78, 5) is 14.7. The molecule has 0 unspecified atom stereocenters. The first-order valence-electron chi connectivity index (χ1n) is 5.19. The van der Waals surface area contributed by atoms with Gasteiger partial charge < -0.3 is 5.11 Å². The van der Waals surface area contributed by atoms with Crippen LogP contribution in [0.25, 0.3) is 11.4 Å². The van der Waals surface area contributed by atoms with Crippen LogP contribution in [-0.4, -0.2) is 31.6 Å². The van der Waals surface area contributed by atoms with Crippen molar-refractivity contribution < 1.29 is 14.3 Å². The molecular formula is C11H9BrFN3O2S. The van der Waals surface area contributed by atoms with E-state index >= 15 is 0 Å². The summed E-state index contributed by atoms with van der Waals surface area (Å²) in [5.74, 6) is -1.08. The van der Waals surface area contributed by atoms with Gasteiger partial charge in [-0.3, -0.25) is 4.79 Å². The largest absolute Gasteiger partial charge is 0.481 e. The lowest BCUT2D eigenvalue weighted by Crippen LogP contribution is -2.00. The summed E-state index contributed by atoms with van der Waals surface area (Å²) < 4.78 is 15.2. The lowest BCUT2D eigenvalue weighted by Gasteiger charge is -1.99. The van der Waals surface area contributed by atoms with E-state index in [0.29, 0.717) is 16.5 Å². The summed E-state index contributed by atoms with van der Waals surface area (Å²) in [6.45, 7) is 0. The molecule has 0 aliphatic carbocycles. The van der Waals surface area contributed by atoms with Crippen molar-refractivity contribution in [3.63, 3.8) is 0 Å². The fourth-order valence-electron chi connectivity index (χ4n) is 1.41. The maximum atomic E-state index is 13.4. The lowest BCUT2D eigenvalue weighted by atomic mass is 10.2. The quantitative estimate of drug-likeness (QED) is 0.862. The van der Waals surface area contributed by atoms with Crippen molar-refractivity contribution >= 4 is 33.7 Å². The molecule has 0 saturated heterocycles. The van der Waals surface area contributed by atoms with E-state index in [0.717, 1.165) is 11.8 Å². The van der Waals surface area contributed by atoms with E-state index < -0.39 is 11.8 Å². The van der Waals surface area contributed by atoms with Crippen molar-refractivity contribution in [2.45, 2.75) is 5.16 Å². The molecule has 1 N–H and O–H groups in total. The summed E-state index contributed by atoms with van der Waals surface area (Å²) in [5, 5.41) is 13.3. The second kappa shape index (κ2) is 5.70. The molecule has 5 nitrogen and oxygen atoms in total. The molecular weight excluding hydrogens is 337 g/mol. The number of benzene rings is 1. The van der Waals surface area contributed by atoms with Gasteiger partial charge in [0.15, 0.2) is 11.0 Å². The molecule has 8 heteroatoms. The second-order valence-corrected chi connectivity index (χ2v) is 5.36. The Bertz CT molecular complexity index is 632. The van der Waals surface area contributed by atoms with Crippen LogP contribution in [0.1, 0.15) is 0 Å². The van der Waals surface area contributed by atoms with E-state index in [1.807, 2.05) is 0 Å². The normalized spacial score (nSPS) is 10.7. The zero-order valence-corrected chi connectivity index (χ0v) is 12.2. The van der Waals surface area contributed by atoms with Crippen molar-refractivity contribution in [3.05, 3.63) is 28.5 Å². The first-order chi connectivity index (χ1) is 8.99. The number of hydrogen-bond donors (Lipinski definition) is 1. The van der Waals surface area contributed by atoms with Crippen molar-refractivity contribution in [3.8, 4) is 11.4 Å². The molecule has 0 aliphatic heterocycles. The monoisotopic (exact) mass is 345 g/mol. The highest BCUT2D eigenvalue weighted by atomic mass is 79.9. The molecule has 0 atom stereocenters. The molecule has 0 radical (unpaired) electrons. The van der Waals surface area contributed by atoms with Crippen LogP contribution in [0.2, 0.25) is 0 Å². The number of carboxylic acids is 1. The van der Waals surface area contributed by atoms with Crippen molar-refractivity contribution in [2.24, 2.45) is 7.05 Å². The maximum Gasteiger partial charge on any atom is 0.313 e. The highest BCUT2D eigenvalue weighted by Crippen LogP contribution is 2.29. The molecule has 2 aromatic rings. The van der Waals surface area contributed by atoms with Gasteiger partial charge in [0.25, 0.3) is 0 Å². The number of thioether (sulfide) groups is 1. The predicted molar refractivity (Wildman–Crippen MR) is 72.5 cm³/mol. The Morgan fingerprint density at radius 1 is 1.58 bits per heavy atom. The molecule has 0 amide bonds. The summed E-state index contributed by atoms with van der Waals surface area (Å²) >= 11 is 4.21. The molecule has 100 valence electrons. The number of nitrogens with zero attached hydrogens (tertiary/aromatic N) is 3. The molecule has 19 heavy (non-hydrogen) atoms. The average Bonchev–Trinajstić information content (AvgIpc) is 2.71. The Labute approximate surface area is 121 Å². The number of aliphatic carboxylic acids is 1. The lowest BCUT2D eigenvalue weighted by molar-refractivity contribution is -0.133. The predicted octanol–water partition coefficient (Wildman–Crippen LogP) is 2.56. The molecule has 1 aromatic heterocycles. The Morgan fingerprint density at radius 2 is 2.32 bits per heavy atom. The van der Waals surface area contributed by atoms with Crippen LogP contribution < -0.4 is 0 Å². The van der Waals surface area contributed by atoms with E-state index in [9.17, 15) is 9.18 Å². The van der Waals surface area contributed by atoms with Crippen LogP contribution in [0.4, 0.5) is 4.39 Å². The minimum Gasteiger partial charge on any atom is -0.481 e. The van der Waals surface area contributed by atoms with E-state index in [-0.39, 0.29) is 10.2 Å². The van der Waals surface area contributed by atoms with Gasteiger partial charge in [0.2, 0.25) is 0 Å². The van der Waals surface area contributed by atoms with E-state index in [1.54, 1.807) is 19.2 Å². The van der Waals surface area contributed by atoms with E-state index in [1.165, 1.54) is 10.7 Å². The van der Waals surface area contributed by atoms with Crippen LogP contribution in [0, 0.1) is 5.82 Å². The van der Waals surface area contributed by atoms with Gasteiger partial charge >= 0.3 is 5.97 Å². The third kappa shape index (κ3) is 3.13. The molecule has 0 bridgehead atoms. The molecule has 0 saturated carbocycles. The number of hydrogen-bond acceptors (Lipinski definition) is 4. The van der Waals surface area contributed by atoms with Gasteiger partial charge in [0.1, 0.15) is 5.82 Å². The van der Waals surface area contributed by atoms with Gasteiger partial charge in [0, 0.05) is 12.6 Å². The van der Waals surface area contributed by atoms with Gasteiger partial charge in [-0.05, 0) is 28.1 Å². The van der Waals surface area contributed by atoms with Crippen molar-refractivity contribution in [1.82, 2.24) is 14.8 Å². The number of aromatic nitrogens is 3. The first kappa shape index (κ1) is 14.0. The Kier molecular flexibility index (Phi) is 4.20. The van der Waals surface area contributed by atoms with E-state index in [2.05, 4.69) is 26.0 Å². The first-order valence-corrected chi connectivity index (χ1v) is 6.97. The van der Waals surface area contributed by atoms with Gasteiger partial charge in [-0.15, -0.1) is 0 Å². The fourth-order valence-corrected chi connectivity index (χ4v) is 2.49. The van der Waals surface area contributed by atoms with Crippen LogP contribution in [0.15, 0.2) is 27.8 Å². The van der Waals surface area contributed by atoms with Crippen LogP contribution in [0.5, 0.6) is 0 Å². The molecule has 0 spiro atoms. The molecule has 0 fully saturated rings. The zero-order chi connectivity index (χ0) is 14.0. The molecule has 0 aliphatic rings. The Hall–Kier alpha value is -1.41. The van der Waals surface area contributed by atoms with E-state index in [4.69, 9.17) is 5.11 Å². The van der Waals surface area contributed by atoms with Gasteiger partial charge in [-0.25, -0.2) is 14.1 Å². The number of rotatable bonds is 4. The SMILES string of the molecule is Cn1nc(-c2cccc(F)c2Br)nc1SCC(=O)O. The second-order valence-electron chi connectivity index (χ2n) is 3.63. The minimum atomic E-state index is -0.929. The van der Waals surface area contributed by atoms with Crippen LogP contribution >= 0.6 is 27.7 Å². The summed E-state index contributed by atoms with van der Waals surface area (Å²) in [6, 6.07) is 4.58.